The average molecular weight is 353 g/mol. The van der Waals surface area contributed by atoms with Gasteiger partial charge in [0.2, 0.25) is 0 Å². The van der Waals surface area contributed by atoms with Crippen molar-refractivity contribution in [2.75, 3.05) is 6.54 Å². The molecule has 0 aliphatic carbocycles. The molecular formula is C16H18BrFN2O. The van der Waals surface area contributed by atoms with E-state index >= 15 is 0 Å². The summed E-state index contributed by atoms with van der Waals surface area (Å²) in [7, 11) is 0. The van der Waals surface area contributed by atoms with Crippen molar-refractivity contribution in [1.29, 1.82) is 0 Å². The fraction of sp³-hybridized carbons (Fsp3) is 0.312. The summed E-state index contributed by atoms with van der Waals surface area (Å²) in [6.07, 6.45) is 1.56. The maximum absolute atomic E-state index is 14.4. The molecule has 0 saturated carbocycles. The molecule has 112 valence electrons. The summed E-state index contributed by atoms with van der Waals surface area (Å²) in [5, 5.41) is 3.21. The van der Waals surface area contributed by atoms with Crippen molar-refractivity contribution in [3.63, 3.8) is 0 Å². The van der Waals surface area contributed by atoms with Gasteiger partial charge >= 0.3 is 0 Å². The highest BCUT2D eigenvalue weighted by Crippen LogP contribution is 2.30. The first-order valence-corrected chi connectivity index (χ1v) is 7.63. The van der Waals surface area contributed by atoms with E-state index in [9.17, 15) is 4.39 Å². The number of rotatable bonds is 6. The molecule has 2 rings (SSSR count). The Balaban J connectivity index is 2.12. The topological polar surface area (TPSA) is 34.2 Å². The molecule has 0 spiro atoms. The lowest BCUT2D eigenvalue weighted by Gasteiger charge is -2.11. The van der Waals surface area contributed by atoms with E-state index in [0.717, 1.165) is 11.0 Å². The molecule has 1 heterocycles. The van der Waals surface area contributed by atoms with Gasteiger partial charge in [-0.25, -0.2) is 9.37 Å². The van der Waals surface area contributed by atoms with Crippen LogP contribution in [0.2, 0.25) is 0 Å². The number of aromatic nitrogens is 1. The van der Waals surface area contributed by atoms with E-state index in [-0.39, 0.29) is 5.88 Å². The van der Waals surface area contributed by atoms with Crippen molar-refractivity contribution in [1.82, 2.24) is 10.3 Å². The van der Waals surface area contributed by atoms with Crippen LogP contribution < -0.4 is 10.1 Å². The maximum Gasteiger partial charge on any atom is 0.256 e. The number of para-hydroxylation sites is 1. The van der Waals surface area contributed by atoms with Crippen molar-refractivity contribution in [2.45, 2.75) is 20.4 Å². The minimum absolute atomic E-state index is 0.00857. The first-order chi connectivity index (χ1) is 10.1. The number of pyridine rings is 1. The van der Waals surface area contributed by atoms with E-state index in [1.807, 2.05) is 18.2 Å². The lowest BCUT2D eigenvalue weighted by molar-refractivity contribution is 0.414. The van der Waals surface area contributed by atoms with Crippen LogP contribution in [0.25, 0.3) is 0 Å². The second-order valence-corrected chi connectivity index (χ2v) is 6.00. The Kier molecular flexibility index (Phi) is 5.70. The molecule has 0 aliphatic rings. The van der Waals surface area contributed by atoms with E-state index in [1.54, 1.807) is 18.3 Å². The summed E-state index contributed by atoms with van der Waals surface area (Å²) in [5.41, 5.74) is 0.549. The summed E-state index contributed by atoms with van der Waals surface area (Å²) in [4.78, 5) is 3.97. The zero-order chi connectivity index (χ0) is 15.2. The molecule has 1 aromatic heterocycles. The van der Waals surface area contributed by atoms with E-state index in [0.29, 0.717) is 23.8 Å². The zero-order valence-corrected chi connectivity index (χ0v) is 13.7. The van der Waals surface area contributed by atoms with Gasteiger partial charge in [0, 0.05) is 18.3 Å². The Bertz CT molecular complexity index is 605. The van der Waals surface area contributed by atoms with Crippen molar-refractivity contribution in [3.8, 4) is 11.6 Å². The van der Waals surface area contributed by atoms with Gasteiger partial charge in [-0.1, -0.05) is 26.0 Å². The van der Waals surface area contributed by atoms with Crippen molar-refractivity contribution in [2.24, 2.45) is 5.92 Å². The van der Waals surface area contributed by atoms with Crippen molar-refractivity contribution >= 4 is 15.9 Å². The Morgan fingerprint density at radius 3 is 2.76 bits per heavy atom. The number of halogens is 2. The fourth-order valence-electron chi connectivity index (χ4n) is 1.80. The molecule has 21 heavy (non-hydrogen) atoms. The molecule has 1 N–H and O–H groups in total. The number of hydrogen-bond donors (Lipinski definition) is 1. The smallest absolute Gasteiger partial charge is 0.256 e. The fourth-order valence-corrected chi connectivity index (χ4v) is 2.16. The largest absolute Gasteiger partial charge is 0.435 e. The SMILES string of the molecule is CC(C)CNCc1ccnc(Oc2ccccc2Br)c1F. The van der Waals surface area contributed by atoms with Crippen LogP contribution in [-0.4, -0.2) is 11.5 Å². The first kappa shape index (κ1) is 15.9. The summed E-state index contributed by atoms with van der Waals surface area (Å²) in [6.45, 7) is 5.51. The summed E-state index contributed by atoms with van der Waals surface area (Å²) >= 11 is 3.37. The van der Waals surface area contributed by atoms with Gasteiger partial charge in [-0.05, 0) is 46.6 Å². The van der Waals surface area contributed by atoms with Crippen molar-refractivity contribution in [3.05, 3.63) is 52.4 Å². The Hall–Kier alpha value is -1.46. The lowest BCUT2D eigenvalue weighted by Crippen LogP contribution is -2.19. The monoisotopic (exact) mass is 352 g/mol. The number of ether oxygens (including phenoxy) is 1. The normalized spacial score (nSPS) is 10.9. The van der Waals surface area contributed by atoms with Crippen LogP contribution in [0.5, 0.6) is 11.6 Å². The molecule has 2 aromatic rings. The van der Waals surface area contributed by atoms with Crippen LogP contribution in [0.1, 0.15) is 19.4 Å². The van der Waals surface area contributed by atoms with Crippen molar-refractivity contribution < 1.29 is 9.13 Å². The second kappa shape index (κ2) is 7.52. The van der Waals surface area contributed by atoms with E-state index < -0.39 is 5.82 Å². The first-order valence-electron chi connectivity index (χ1n) is 6.84. The number of nitrogens with zero attached hydrogens (tertiary/aromatic N) is 1. The molecule has 0 fully saturated rings. The molecule has 0 saturated heterocycles. The third kappa shape index (κ3) is 4.51. The summed E-state index contributed by atoms with van der Waals surface area (Å²) < 4.78 is 20.7. The van der Waals surface area contributed by atoms with E-state index in [4.69, 9.17) is 4.74 Å². The third-order valence-corrected chi connectivity index (χ3v) is 3.50. The van der Waals surface area contributed by atoms with Crippen LogP contribution in [0.15, 0.2) is 41.0 Å². The van der Waals surface area contributed by atoms with Gasteiger partial charge in [0.25, 0.3) is 5.88 Å². The third-order valence-electron chi connectivity index (χ3n) is 2.85. The molecule has 0 atom stereocenters. The summed E-state index contributed by atoms with van der Waals surface area (Å²) in [6, 6.07) is 8.95. The van der Waals surface area contributed by atoms with Gasteiger partial charge in [0.1, 0.15) is 5.75 Å². The van der Waals surface area contributed by atoms with Gasteiger partial charge in [-0.3, -0.25) is 0 Å². The van der Waals surface area contributed by atoms with E-state index in [2.05, 4.69) is 40.1 Å². The zero-order valence-electron chi connectivity index (χ0n) is 12.1. The molecule has 0 unspecified atom stereocenters. The summed E-state index contributed by atoms with van der Waals surface area (Å²) in [5.74, 6) is 0.623. The molecule has 0 amide bonds. The van der Waals surface area contributed by atoms with Gasteiger partial charge in [0.05, 0.1) is 4.47 Å². The number of hydrogen-bond acceptors (Lipinski definition) is 3. The standard InChI is InChI=1S/C16H18BrFN2O/c1-11(2)9-19-10-12-7-8-20-16(15(12)18)21-14-6-4-3-5-13(14)17/h3-8,11,19H,9-10H2,1-2H3. The Labute approximate surface area is 132 Å². The molecule has 0 bridgehead atoms. The molecule has 0 aliphatic heterocycles. The maximum atomic E-state index is 14.4. The minimum Gasteiger partial charge on any atom is -0.435 e. The quantitative estimate of drug-likeness (QED) is 0.829. The molecule has 3 nitrogen and oxygen atoms in total. The molecular weight excluding hydrogens is 335 g/mol. The molecule has 5 heteroatoms. The number of benzene rings is 1. The van der Waals surface area contributed by atoms with E-state index in [1.165, 1.54) is 0 Å². The minimum atomic E-state index is -0.426. The van der Waals surface area contributed by atoms with Crippen LogP contribution in [0.4, 0.5) is 4.39 Å². The molecule has 1 aromatic carbocycles. The molecule has 0 radical (unpaired) electrons. The van der Waals surface area contributed by atoms with Gasteiger partial charge in [-0.2, -0.15) is 0 Å². The predicted octanol–water partition coefficient (Wildman–Crippen LogP) is 4.52. The van der Waals surface area contributed by atoms with Crippen LogP contribution in [0.3, 0.4) is 0 Å². The van der Waals surface area contributed by atoms with Gasteiger partial charge in [-0.15, -0.1) is 0 Å². The Morgan fingerprint density at radius 1 is 1.29 bits per heavy atom. The highest BCUT2D eigenvalue weighted by molar-refractivity contribution is 9.10. The van der Waals surface area contributed by atoms with Crippen LogP contribution in [-0.2, 0) is 6.54 Å². The lowest BCUT2D eigenvalue weighted by atomic mass is 10.2. The van der Waals surface area contributed by atoms with Gasteiger partial charge in [0.15, 0.2) is 5.82 Å². The Morgan fingerprint density at radius 2 is 2.05 bits per heavy atom. The highest BCUT2D eigenvalue weighted by atomic mass is 79.9. The second-order valence-electron chi connectivity index (χ2n) is 5.15. The average Bonchev–Trinajstić information content (AvgIpc) is 2.45. The van der Waals surface area contributed by atoms with Crippen LogP contribution >= 0.6 is 15.9 Å². The van der Waals surface area contributed by atoms with Gasteiger partial charge < -0.3 is 10.1 Å². The highest BCUT2D eigenvalue weighted by Gasteiger charge is 2.12. The number of nitrogens with one attached hydrogen (secondary N) is 1. The predicted molar refractivity (Wildman–Crippen MR) is 85.0 cm³/mol. The van der Waals surface area contributed by atoms with Crippen LogP contribution in [0, 0.1) is 11.7 Å².